The summed E-state index contributed by atoms with van der Waals surface area (Å²) in [6, 6.07) is 0.831. The third-order valence-corrected chi connectivity index (χ3v) is 3.75. The Labute approximate surface area is 108 Å². The number of piperidine rings is 1. The number of hydrogen-bond acceptors (Lipinski definition) is 5. The minimum Gasteiger partial charge on any atom is -0.481 e. The van der Waals surface area contributed by atoms with Crippen molar-refractivity contribution in [1.29, 1.82) is 0 Å². The van der Waals surface area contributed by atoms with Crippen LogP contribution in [0.3, 0.4) is 0 Å². The fourth-order valence-electron chi connectivity index (χ4n) is 2.79. The third kappa shape index (κ3) is 2.27. The van der Waals surface area contributed by atoms with Crippen molar-refractivity contribution < 1.29 is 4.74 Å². The average Bonchev–Trinajstić information content (AvgIpc) is 2.39. The van der Waals surface area contributed by atoms with Crippen molar-refractivity contribution in [3.8, 4) is 5.88 Å². The van der Waals surface area contributed by atoms with Crippen LogP contribution in [0.2, 0.25) is 0 Å². The first-order chi connectivity index (χ1) is 8.69. The van der Waals surface area contributed by atoms with Crippen LogP contribution in [-0.4, -0.2) is 35.7 Å². The maximum Gasteiger partial charge on any atom is 0.221 e. The molecule has 5 nitrogen and oxygen atoms in total. The summed E-state index contributed by atoms with van der Waals surface area (Å²) in [6.45, 7) is 4.90. The summed E-state index contributed by atoms with van der Waals surface area (Å²) in [6.07, 6.45) is 5.12. The molecule has 0 saturated carbocycles. The molecule has 0 bridgehead atoms. The van der Waals surface area contributed by atoms with Crippen LogP contribution in [0.1, 0.15) is 31.7 Å². The van der Waals surface area contributed by atoms with Gasteiger partial charge >= 0.3 is 0 Å². The Morgan fingerprint density at radius 2 is 2.22 bits per heavy atom. The molecule has 0 spiro atoms. The van der Waals surface area contributed by atoms with Crippen LogP contribution < -0.4 is 15.4 Å². The third-order valence-electron chi connectivity index (χ3n) is 3.75. The second-order valence-corrected chi connectivity index (χ2v) is 4.91. The Bertz CT molecular complexity index is 410. The molecule has 2 unspecified atom stereocenters. The SMILES string of the molecule is COc1ncnc(N2C(C)CCCC2CN)c1C. The monoisotopic (exact) mass is 250 g/mol. The van der Waals surface area contributed by atoms with Gasteiger partial charge in [-0.15, -0.1) is 0 Å². The van der Waals surface area contributed by atoms with Crippen LogP contribution in [0.25, 0.3) is 0 Å². The lowest BCUT2D eigenvalue weighted by Crippen LogP contribution is -2.49. The zero-order valence-corrected chi connectivity index (χ0v) is 11.4. The van der Waals surface area contributed by atoms with E-state index in [1.807, 2.05) is 6.92 Å². The molecule has 2 heterocycles. The van der Waals surface area contributed by atoms with Gasteiger partial charge in [0, 0.05) is 18.6 Å². The molecule has 1 aromatic heterocycles. The van der Waals surface area contributed by atoms with Crippen molar-refractivity contribution in [2.24, 2.45) is 5.73 Å². The summed E-state index contributed by atoms with van der Waals surface area (Å²) in [5.41, 5.74) is 6.89. The molecule has 0 aliphatic carbocycles. The van der Waals surface area contributed by atoms with Gasteiger partial charge < -0.3 is 15.4 Å². The van der Waals surface area contributed by atoms with E-state index in [0.29, 0.717) is 24.5 Å². The molecule has 2 atom stereocenters. The van der Waals surface area contributed by atoms with Crippen molar-refractivity contribution >= 4 is 5.82 Å². The van der Waals surface area contributed by atoms with E-state index in [2.05, 4.69) is 21.8 Å². The first kappa shape index (κ1) is 13.1. The number of anilines is 1. The number of aromatic nitrogens is 2. The topological polar surface area (TPSA) is 64.3 Å². The maximum absolute atomic E-state index is 5.90. The first-order valence-electron chi connectivity index (χ1n) is 6.53. The van der Waals surface area contributed by atoms with E-state index in [-0.39, 0.29) is 0 Å². The lowest BCUT2D eigenvalue weighted by molar-refractivity contribution is 0.383. The number of methoxy groups -OCH3 is 1. The van der Waals surface area contributed by atoms with E-state index in [4.69, 9.17) is 10.5 Å². The van der Waals surface area contributed by atoms with Gasteiger partial charge in [0.15, 0.2) is 0 Å². The molecule has 2 rings (SSSR count). The minimum atomic E-state index is 0.368. The largest absolute Gasteiger partial charge is 0.481 e. The molecule has 5 heteroatoms. The number of nitrogens with two attached hydrogens (primary N) is 1. The summed E-state index contributed by atoms with van der Waals surface area (Å²) >= 11 is 0. The standard InChI is InChI=1S/C13H22N4O/c1-9-5-4-6-11(7-14)17(9)12-10(2)13(18-3)16-8-15-12/h8-9,11H,4-7,14H2,1-3H3. The zero-order valence-electron chi connectivity index (χ0n) is 11.4. The maximum atomic E-state index is 5.90. The predicted octanol–water partition coefficient (Wildman–Crippen LogP) is 1.50. The summed E-state index contributed by atoms with van der Waals surface area (Å²) < 4.78 is 5.27. The highest BCUT2D eigenvalue weighted by atomic mass is 16.5. The first-order valence-corrected chi connectivity index (χ1v) is 6.53. The van der Waals surface area contributed by atoms with E-state index >= 15 is 0 Å². The van der Waals surface area contributed by atoms with E-state index in [1.54, 1.807) is 13.4 Å². The molecule has 100 valence electrons. The van der Waals surface area contributed by atoms with Crippen LogP contribution in [0.5, 0.6) is 5.88 Å². The molecule has 2 N–H and O–H groups in total. The number of rotatable bonds is 3. The van der Waals surface area contributed by atoms with Crippen molar-refractivity contribution in [3.05, 3.63) is 11.9 Å². The van der Waals surface area contributed by atoms with E-state index < -0.39 is 0 Å². The molecule has 1 aliphatic rings. The number of nitrogens with zero attached hydrogens (tertiary/aromatic N) is 3. The Morgan fingerprint density at radius 3 is 2.89 bits per heavy atom. The molecule has 0 radical (unpaired) electrons. The van der Waals surface area contributed by atoms with Gasteiger partial charge in [-0.1, -0.05) is 0 Å². The Morgan fingerprint density at radius 1 is 1.44 bits per heavy atom. The van der Waals surface area contributed by atoms with Gasteiger partial charge in [0.05, 0.1) is 12.7 Å². The van der Waals surface area contributed by atoms with Crippen LogP contribution in [0.4, 0.5) is 5.82 Å². The number of ether oxygens (including phenoxy) is 1. The molecule has 1 aliphatic heterocycles. The normalized spacial score (nSPS) is 24.1. The molecule has 1 aromatic rings. The second kappa shape index (κ2) is 5.52. The zero-order chi connectivity index (χ0) is 13.1. The van der Waals surface area contributed by atoms with Crippen molar-refractivity contribution in [2.45, 2.75) is 45.2 Å². The highest BCUT2D eigenvalue weighted by Gasteiger charge is 2.29. The van der Waals surface area contributed by atoms with Crippen molar-refractivity contribution in [1.82, 2.24) is 9.97 Å². The molecular weight excluding hydrogens is 228 g/mol. The number of hydrogen-bond donors (Lipinski definition) is 1. The summed E-state index contributed by atoms with van der Waals surface area (Å²) in [5, 5.41) is 0. The molecule has 1 saturated heterocycles. The van der Waals surface area contributed by atoms with Gasteiger partial charge in [0.25, 0.3) is 0 Å². The van der Waals surface area contributed by atoms with E-state index in [1.165, 1.54) is 12.8 Å². The van der Waals surface area contributed by atoms with Gasteiger partial charge in [-0.05, 0) is 33.1 Å². The predicted molar refractivity (Wildman–Crippen MR) is 72.0 cm³/mol. The van der Waals surface area contributed by atoms with Crippen LogP contribution in [0, 0.1) is 6.92 Å². The molecular formula is C13H22N4O. The minimum absolute atomic E-state index is 0.368. The van der Waals surface area contributed by atoms with Gasteiger partial charge in [-0.2, -0.15) is 0 Å². The smallest absolute Gasteiger partial charge is 0.221 e. The Balaban J connectivity index is 2.38. The van der Waals surface area contributed by atoms with Gasteiger partial charge in [0.1, 0.15) is 12.1 Å². The molecule has 1 fully saturated rings. The van der Waals surface area contributed by atoms with Gasteiger partial charge in [-0.3, -0.25) is 0 Å². The highest BCUT2D eigenvalue weighted by Crippen LogP contribution is 2.31. The fourth-order valence-corrected chi connectivity index (χ4v) is 2.79. The average molecular weight is 250 g/mol. The lowest BCUT2D eigenvalue weighted by Gasteiger charge is -2.41. The Kier molecular flexibility index (Phi) is 4.01. The summed E-state index contributed by atoms with van der Waals surface area (Å²) in [7, 11) is 1.64. The van der Waals surface area contributed by atoms with Crippen LogP contribution in [0.15, 0.2) is 6.33 Å². The van der Waals surface area contributed by atoms with Crippen LogP contribution >= 0.6 is 0 Å². The summed E-state index contributed by atoms with van der Waals surface area (Å²) in [4.78, 5) is 10.9. The quantitative estimate of drug-likeness (QED) is 0.880. The van der Waals surface area contributed by atoms with Gasteiger partial charge in [0.2, 0.25) is 5.88 Å². The molecule has 0 amide bonds. The molecule has 18 heavy (non-hydrogen) atoms. The Hall–Kier alpha value is -1.36. The lowest BCUT2D eigenvalue weighted by atomic mass is 9.96. The van der Waals surface area contributed by atoms with Crippen molar-refractivity contribution in [2.75, 3.05) is 18.6 Å². The van der Waals surface area contributed by atoms with E-state index in [9.17, 15) is 0 Å². The molecule has 0 aromatic carbocycles. The highest BCUT2D eigenvalue weighted by molar-refractivity contribution is 5.52. The van der Waals surface area contributed by atoms with Crippen LogP contribution in [-0.2, 0) is 0 Å². The van der Waals surface area contributed by atoms with E-state index in [0.717, 1.165) is 17.8 Å². The van der Waals surface area contributed by atoms with Crippen molar-refractivity contribution in [3.63, 3.8) is 0 Å². The van der Waals surface area contributed by atoms with Gasteiger partial charge in [-0.25, -0.2) is 9.97 Å². The summed E-state index contributed by atoms with van der Waals surface area (Å²) in [5.74, 6) is 1.61. The second-order valence-electron chi connectivity index (χ2n) is 4.91. The fraction of sp³-hybridized carbons (Fsp3) is 0.692.